The minimum Gasteiger partial charge on any atom is -0.390 e. The first-order valence-corrected chi connectivity index (χ1v) is 13.4. The molecular weight excluding hydrogens is 392 g/mol. The molecule has 0 radical (unpaired) electrons. The Labute approximate surface area is 199 Å². The Kier molecular flexibility index (Phi) is 7.49. The number of fused-ring (bicyclic) bond motifs is 2. The summed E-state index contributed by atoms with van der Waals surface area (Å²) in [5.74, 6) is 1.67. The highest BCUT2D eigenvalue weighted by Crippen LogP contribution is 2.56. The van der Waals surface area contributed by atoms with Crippen molar-refractivity contribution >= 4 is 0 Å². The molecule has 6 atom stereocenters. The van der Waals surface area contributed by atoms with Gasteiger partial charge in [-0.15, -0.1) is 0 Å². The van der Waals surface area contributed by atoms with Gasteiger partial charge in [0.2, 0.25) is 0 Å². The maximum absolute atomic E-state index is 10.6. The van der Waals surface area contributed by atoms with Gasteiger partial charge in [-0.1, -0.05) is 43.1 Å². The van der Waals surface area contributed by atoms with Gasteiger partial charge < -0.3 is 10.2 Å². The van der Waals surface area contributed by atoms with Gasteiger partial charge in [0.05, 0.1) is 11.2 Å². The molecule has 0 heterocycles. The van der Waals surface area contributed by atoms with Crippen molar-refractivity contribution in [3.63, 3.8) is 0 Å². The molecule has 2 N–H and O–H groups in total. The largest absolute Gasteiger partial charge is 0.390 e. The van der Waals surface area contributed by atoms with Crippen molar-refractivity contribution in [3.05, 3.63) is 22.8 Å². The molecule has 3 fully saturated rings. The Morgan fingerprint density at radius 2 is 1.69 bits per heavy atom. The summed E-state index contributed by atoms with van der Waals surface area (Å²) in [4.78, 5) is 0. The zero-order valence-electron chi connectivity index (χ0n) is 22.5. The average Bonchev–Trinajstić information content (AvgIpc) is 2.66. The monoisotopic (exact) mass is 444 g/mol. The second-order valence-corrected chi connectivity index (χ2v) is 13.5. The van der Waals surface area contributed by atoms with Crippen LogP contribution in [0, 0.1) is 28.6 Å². The smallest absolute Gasteiger partial charge is 0.0656 e. The van der Waals surface area contributed by atoms with Crippen molar-refractivity contribution in [1.82, 2.24) is 0 Å². The van der Waals surface area contributed by atoms with Gasteiger partial charge in [-0.25, -0.2) is 0 Å². The Bertz CT molecular complexity index is 732. The second kappa shape index (κ2) is 9.21. The molecular formula is C30H52O2. The van der Waals surface area contributed by atoms with Crippen LogP contribution in [-0.4, -0.2) is 21.4 Å². The maximum atomic E-state index is 10.6. The standard InChI is InChI=1S/2C15H26O/c1-11(2)12-6-9-14(3)7-5-8-15(4,16)13(14)10-12;1-11-6-5-8-15(4)9-7-12(10-13(11)15)14(2,3)16/h13,16H,5-10H2,1-4H3;6,12-13,16H,5,7-10H2,1-4H3/t13?,14?,15-;12-,13?,15-/m11/s1. The molecule has 0 spiro atoms. The summed E-state index contributed by atoms with van der Waals surface area (Å²) in [6, 6.07) is 0. The highest BCUT2D eigenvalue weighted by atomic mass is 16.3. The number of hydrogen-bond donors (Lipinski definition) is 2. The van der Waals surface area contributed by atoms with Crippen molar-refractivity contribution in [2.45, 2.75) is 137 Å². The fourth-order valence-electron chi connectivity index (χ4n) is 7.77. The molecule has 0 aliphatic heterocycles. The van der Waals surface area contributed by atoms with E-state index in [4.69, 9.17) is 0 Å². The lowest BCUT2D eigenvalue weighted by atomic mass is 9.54. The third-order valence-electron chi connectivity index (χ3n) is 10.3. The molecule has 4 aliphatic rings. The normalized spacial score (nSPS) is 42.1. The molecule has 0 bridgehead atoms. The summed E-state index contributed by atoms with van der Waals surface area (Å²) in [5.41, 5.74) is 4.62. The molecule has 0 aromatic heterocycles. The van der Waals surface area contributed by atoms with E-state index in [-0.39, 0.29) is 0 Å². The van der Waals surface area contributed by atoms with Crippen molar-refractivity contribution in [1.29, 1.82) is 0 Å². The fraction of sp³-hybridized carbons (Fsp3) is 0.867. The third kappa shape index (κ3) is 5.38. The predicted octanol–water partition coefficient (Wildman–Crippen LogP) is 7.98. The van der Waals surface area contributed by atoms with Gasteiger partial charge in [-0.2, -0.15) is 0 Å². The molecule has 4 rings (SSSR count). The zero-order valence-corrected chi connectivity index (χ0v) is 22.5. The molecule has 0 aromatic rings. The van der Waals surface area contributed by atoms with E-state index in [1.807, 2.05) is 13.8 Å². The highest BCUT2D eigenvalue weighted by molar-refractivity contribution is 5.18. The number of allylic oxidation sites excluding steroid dienone is 4. The van der Waals surface area contributed by atoms with E-state index >= 15 is 0 Å². The summed E-state index contributed by atoms with van der Waals surface area (Å²) in [6.45, 7) is 17.6. The first-order chi connectivity index (χ1) is 14.7. The van der Waals surface area contributed by atoms with E-state index < -0.39 is 11.2 Å². The molecule has 2 nitrogen and oxygen atoms in total. The SMILES string of the molecule is CC(C)=C1CCC2(C)CCC[C@@](C)(O)C2C1.CC1=CCC[C@]2(C)CC[C@@H](C(C)(C)O)CC12. The van der Waals surface area contributed by atoms with Crippen LogP contribution in [0.2, 0.25) is 0 Å². The van der Waals surface area contributed by atoms with Crippen LogP contribution in [0.1, 0.15) is 126 Å². The maximum Gasteiger partial charge on any atom is 0.0656 e. The van der Waals surface area contributed by atoms with E-state index in [0.29, 0.717) is 28.6 Å². The minimum atomic E-state index is -0.501. The van der Waals surface area contributed by atoms with Crippen molar-refractivity contribution in [3.8, 4) is 0 Å². The number of rotatable bonds is 1. The van der Waals surface area contributed by atoms with Crippen LogP contribution in [0.5, 0.6) is 0 Å². The Hall–Kier alpha value is -0.600. The lowest BCUT2D eigenvalue weighted by Crippen LogP contribution is -2.50. The molecule has 32 heavy (non-hydrogen) atoms. The Balaban J connectivity index is 0.000000181. The van der Waals surface area contributed by atoms with E-state index in [9.17, 15) is 10.2 Å². The van der Waals surface area contributed by atoms with Crippen LogP contribution in [0.4, 0.5) is 0 Å². The average molecular weight is 445 g/mol. The minimum absolute atomic E-state index is 0.390. The summed E-state index contributed by atoms with van der Waals surface area (Å²) in [6.07, 6.45) is 15.8. The van der Waals surface area contributed by atoms with Gasteiger partial charge in [-0.3, -0.25) is 0 Å². The van der Waals surface area contributed by atoms with Crippen molar-refractivity contribution in [2.75, 3.05) is 0 Å². The quantitative estimate of drug-likeness (QED) is 0.402. The fourth-order valence-corrected chi connectivity index (χ4v) is 7.77. The molecule has 0 amide bonds. The lowest BCUT2D eigenvalue weighted by molar-refractivity contribution is -0.105. The van der Waals surface area contributed by atoms with E-state index in [1.165, 1.54) is 63.4 Å². The molecule has 184 valence electrons. The predicted molar refractivity (Wildman–Crippen MR) is 137 cm³/mol. The second-order valence-electron chi connectivity index (χ2n) is 13.5. The summed E-state index contributed by atoms with van der Waals surface area (Å²) in [5, 5.41) is 20.8. The van der Waals surface area contributed by atoms with E-state index in [0.717, 1.165) is 12.8 Å². The summed E-state index contributed by atoms with van der Waals surface area (Å²) >= 11 is 0. The summed E-state index contributed by atoms with van der Waals surface area (Å²) < 4.78 is 0. The Morgan fingerprint density at radius 3 is 2.31 bits per heavy atom. The first-order valence-electron chi connectivity index (χ1n) is 13.4. The molecule has 4 aliphatic carbocycles. The summed E-state index contributed by atoms with van der Waals surface area (Å²) in [7, 11) is 0. The molecule has 2 heteroatoms. The van der Waals surface area contributed by atoms with Crippen molar-refractivity contribution < 1.29 is 10.2 Å². The molecule has 3 unspecified atom stereocenters. The van der Waals surface area contributed by atoms with Crippen LogP contribution in [0.25, 0.3) is 0 Å². The van der Waals surface area contributed by atoms with E-state index in [1.54, 1.807) is 11.1 Å². The molecule has 0 aromatic carbocycles. The van der Waals surface area contributed by atoms with Gasteiger partial charge >= 0.3 is 0 Å². The van der Waals surface area contributed by atoms with Crippen LogP contribution in [0.15, 0.2) is 22.8 Å². The van der Waals surface area contributed by atoms with E-state index in [2.05, 4.69) is 47.6 Å². The highest BCUT2D eigenvalue weighted by Gasteiger charge is 2.49. The molecule has 3 saturated carbocycles. The van der Waals surface area contributed by atoms with Gasteiger partial charge in [0.25, 0.3) is 0 Å². The van der Waals surface area contributed by atoms with Crippen LogP contribution >= 0.6 is 0 Å². The van der Waals surface area contributed by atoms with Crippen LogP contribution < -0.4 is 0 Å². The topological polar surface area (TPSA) is 40.5 Å². The molecule has 0 saturated heterocycles. The lowest BCUT2D eigenvalue weighted by Gasteiger charge is -2.53. The zero-order chi connectivity index (χ0) is 23.9. The number of aliphatic hydroxyl groups is 2. The first kappa shape index (κ1) is 26.0. The van der Waals surface area contributed by atoms with Crippen LogP contribution in [-0.2, 0) is 0 Å². The van der Waals surface area contributed by atoms with Gasteiger partial charge in [0.1, 0.15) is 0 Å². The van der Waals surface area contributed by atoms with Gasteiger partial charge in [0.15, 0.2) is 0 Å². The van der Waals surface area contributed by atoms with Crippen molar-refractivity contribution in [2.24, 2.45) is 28.6 Å². The van der Waals surface area contributed by atoms with Gasteiger partial charge in [0, 0.05) is 0 Å². The number of hydrogen-bond acceptors (Lipinski definition) is 2. The van der Waals surface area contributed by atoms with Gasteiger partial charge in [-0.05, 0) is 134 Å². The third-order valence-corrected chi connectivity index (χ3v) is 10.3. The Morgan fingerprint density at radius 1 is 1.00 bits per heavy atom. The van der Waals surface area contributed by atoms with Crippen LogP contribution in [0.3, 0.4) is 0 Å².